The Kier molecular flexibility index (Phi) is 4.16. The summed E-state index contributed by atoms with van der Waals surface area (Å²) in [6.45, 7) is 5.24. The second-order valence-corrected chi connectivity index (χ2v) is 6.60. The second-order valence-electron chi connectivity index (χ2n) is 4.23. The predicted octanol–water partition coefficient (Wildman–Crippen LogP) is 3.56. The van der Waals surface area contributed by atoms with Crippen LogP contribution in [0.4, 0.5) is 10.5 Å². The molecule has 5 nitrogen and oxygen atoms in total. The van der Waals surface area contributed by atoms with Gasteiger partial charge in [0.1, 0.15) is 10.5 Å². The van der Waals surface area contributed by atoms with Gasteiger partial charge in [0, 0.05) is 0 Å². The summed E-state index contributed by atoms with van der Waals surface area (Å²) in [5, 5.41) is 11.3. The lowest BCUT2D eigenvalue weighted by molar-refractivity contribution is 0.0633. The zero-order chi connectivity index (χ0) is 13.2. The summed E-state index contributed by atoms with van der Waals surface area (Å²) in [6.07, 6.45) is -0.618. The average molecular weight is 322 g/mol. The molecule has 0 fully saturated rings. The molecular formula is C10H12BrNO4S. The number of aromatic carboxylic acids is 1. The van der Waals surface area contributed by atoms with Gasteiger partial charge in [-0.2, -0.15) is 0 Å². The van der Waals surface area contributed by atoms with Crippen molar-refractivity contribution in [1.82, 2.24) is 0 Å². The lowest BCUT2D eigenvalue weighted by Gasteiger charge is -2.19. The molecule has 0 spiro atoms. The van der Waals surface area contributed by atoms with E-state index in [0.717, 1.165) is 11.3 Å². The number of carboxylic acids is 1. The van der Waals surface area contributed by atoms with Gasteiger partial charge in [0.2, 0.25) is 0 Å². The lowest BCUT2D eigenvalue weighted by atomic mass is 10.2. The van der Waals surface area contributed by atoms with Crippen molar-refractivity contribution in [2.24, 2.45) is 0 Å². The van der Waals surface area contributed by atoms with Gasteiger partial charge < -0.3 is 9.84 Å². The quantitative estimate of drug-likeness (QED) is 0.873. The molecule has 1 aromatic heterocycles. The molecule has 0 unspecified atom stereocenters. The molecule has 0 bridgehead atoms. The number of halogens is 1. The average Bonchev–Trinajstić information content (AvgIpc) is 2.44. The van der Waals surface area contributed by atoms with E-state index in [-0.39, 0.29) is 4.88 Å². The number of anilines is 1. The zero-order valence-corrected chi connectivity index (χ0v) is 11.9. The first kappa shape index (κ1) is 14.0. The van der Waals surface area contributed by atoms with Crippen LogP contribution in [-0.4, -0.2) is 22.8 Å². The van der Waals surface area contributed by atoms with Gasteiger partial charge in [0.05, 0.1) is 9.47 Å². The van der Waals surface area contributed by atoms with Crippen LogP contribution in [0.15, 0.2) is 9.85 Å². The molecular weight excluding hydrogens is 310 g/mol. The van der Waals surface area contributed by atoms with Crippen molar-refractivity contribution in [3.8, 4) is 0 Å². The molecule has 1 rings (SSSR count). The highest BCUT2D eigenvalue weighted by Gasteiger charge is 2.19. The number of hydrogen-bond donors (Lipinski definition) is 2. The largest absolute Gasteiger partial charge is 0.477 e. The summed E-state index contributed by atoms with van der Waals surface area (Å²) >= 11 is 4.21. The molecule has 17 heavy (non-hydrogen) atoms. The maximum Gasteiger partial charge on any atom is 0.412 e. The highest BCUT2D eigenvalue weighted by molar-refractivity contribution is 9.11. The van der Waals surface area contributed by atoms with E-state index in [1.165, 1.54) is 6.07 Å². The number of ether oxygens (including phenoxy) is 1. The van der Waals surface area contributed by atoms with Gasteiger partial charge in [-0.05, 0) is 42.8 Å². The molecule has 0 saturated heterocycles. The van der Waals surface area contributed by atoms with Crippen molar-refractivity contribution in [1.29, 1.82) is 0 Å². The SMILES string of the molecule is CC(C)(C)OC(=O)Nc1cc(C(=O)O)sc1Br. The third kappa shape index (κ3) is 4.35. The Morgan fingerprint density at radius 3 is 2.47 bits per heavy atom. The highest BCUT2D eigenvalue weighted by atomic mass is 79.9. The maximum absolute atomic E-state index is 11.5. The van der Waals surface area contributed by atoms with Crippen LogP contribution >= 0.6 is 27.3 Å². The van der Waals surface area contributed by atoms with E-state index in [1.54, 1.807) is 20.8 Å². The van der Waals surface area contributed by atoms with E-state index in [4.69, 9.17) is 9.84 Å². The Morgan fingerprint density at radius 1 is 1.47 bits per heavy atom. The lowest BCUT2D eigenvalue weighted by Crippen LogP contribution is -2.27. The maximum atomic E-state index is 11.5. The van der Waals surface area contributed by atoms with Crippen molar-refractivity contribution in [2.75, 3.05) is 5.32 Å². The molecule has 0 atom stereocenters. The van der Waals surface area contributed by atoms with Gasteiger partial charge >= 0.3 is 12.1 Å². The van der Waals surface area contributed by atoms with Crippen LogP contribution in [0.1, 0.15) is 30.4 Å². The van der Waals surface area contributed by atoms with E-state index < -0.39 is 17.7 Å². The fourth-order valence-corrected chi connectivity index (χ4v) is 2.39. The van der Waals surface area contributed by atoms with E-state index in [2.05, 4.69) is 21.2 Å². The van der Waals surface area contributed by atoms with E-state index >= 15 is 0 Å². The van der Waals surface area contributed by atoms with E-state index in [1.807, 2.05) is 0 Å². The third-order valence-corrected chi connectivity index (χ3v) is 3.36. The Balaban J connectivity index is 2.75. The van der Waals surface area contributed by atoms with Crippen molar-refractivity contribution >= 4 is 45.0 Å². The topological polar surface area (TPSA) is 75.6 Å². The van der Waals surface area contributed by atoms with Crippen LogP contribution < -0.4 is 5.32 Å². The number of amides is 1. The molecule has 94 valence electrons. The zero-order valence-electron chi connectivity index (χ0n) is 9.54. The van der Waals surface area contributed by atoms with Crippen LogP contribution in [0.3, 0.4) is 0 Å². The molecule has 1 amide bonds. The van der Waals surface area contributed by atoms with Gasteiger partial charge in [0.15, 0.2) is 0 Å². The van der Waals surface area contributed by atoms with Crippen molar-refractivity contribution < 1.29 is 19.4 Å². The molecule has 0 saturated carbocycles. The Hall–Kier alpha value is -1.08. The van der Waals surface area contributed by atoms with Crippen LogP contribution in [0.2, 0.25) is 0 Å². The number of carbonyl (C=O) groups excluding carboxylic acids is 1. The summed E-state index contributed by atoms with van der Waals surface area (Å²) in [6, 6.07) is 1.38. The third-order valence-electron chi connectivity index (χ3n) is 1.53. The monoisotopic (exact) mass is 321 g/mol. The summed E-state index contributed by atoms with van der Waals surface area (Å²) in [4.78, 5) is 22.3. The van der Waals surface area contributed by atoms with Crippen LogP contribution in [0, 0.1) is 0 Å². The number of thiophene rings is 1. The highest BCUT2D eigenvalue weighted by Crippen LogP contribution is 2.32. The predicted molar refractivity (Wildman–Crippen MR) is 68.8 cm³/mol. The molecule has 0 aromatic carbocycles. The van der Waals surface area contributed by atoms with Crippen molar-refractivity contribution in [3.05, 3.63) is 14.7 Å². The van der Waals surface area contributed by atoms with Crippen LogP contribution in [0.5, 0.6) is 0 Å². The first-order valence-corrected chi connectivity index (χ1v) is 6.32. The number of rotatable bonds is 2. The van der Waals surface area contributed by atoms with Gasteiger partial charge in [-0.25, -0.2) is 9.59 Å². The minimum atomic E-state index is -1.03. The molecule has 0 aliphatic heterocycles. The molecule has 1 aromatic rings. The molecule has 1 heterocycles. The summed E-state index contributed by atoms with van der Waals surface area (Å²) in [5.74, 6) is -1.03. The number of hydrogen-bond acceptors (Lipinski definition) is 4. The van der Waals surface area contributed by atoms with E-state index in [9.17, 15) is 9.59 Å². The summed E-state index contributed by atoms with van der Waals surface area (Å²) in [7, 11) is 0. The van der Waals surface area contributed by atoms with E-state index in [0.29, 0.717) is 9.47 Å². The summed E-state index contributed by atoms with van der Waals surface area (Å²) < 4.78 is 5.60. The minimum absolute atomic E-state index is 0.142. The normalized spacial score (nSPS) is 11.1. The summed E-state index contributed by atoms with van der Waals surface area (Å²) in [5.41, 5.74) is -0.205. The molecule has 7 heteroatoms. The van der Waals surface area contributed by atoms with Crippen molar-refractivity contribution in [2.45, 2.75) is 26.4 Å². The standard InChI is InChI=1S/C10H12BrNO4S/c1-10(2,3)16-9(15)12-5-4-6(8(13)14)17-7(5)11/h4H,1-3H3,(H,12,15)(H,13,14). The van der Waals surface area contributed by atoms with Gasteiger partial charge in [-0.15, -0.1) is 11.3 Å². The van der Waals surface area contributed by atoms with Gasteiger partial charge in [0.25, 0.3) is 0 Å². The fourth-order valence-electron chi connectivity index (χ4n) is 0.973. The number of carboxylic acid groups (broad SMARTS) is 1. The smallest absolute Gasteiger partial charge is 0.412 e. The van der Waals surface area contributed by atoms with Crippen molar-refractivity contribution in [3.63, 3.8) is 0 Å². The first-order chi connectivity index (χ1) is 7.69. The Bertz CT molecular complexity index is 450. The molecule has 2 N–H and O–H groups in total. The Labute approximate surface area is 111 Å². The minimum Gasteiger partial charge on any atom is -0.477 e. The Morgan fingerprint density at radius 2 is 2.06 bits per heavy atom. The second kappa shape index (κ2) is 5.05. The van der Waals surface area contributed by atoms with Crippen LogP contribution in [0.25, 0.3) is 0 Å². The number of nitrogens with one attached hydrogen (secondary N) is 1. The molecule has 0 aliphatic rings. The van der Waals surface area contributed by atoms with Gasteiger partial charge in [-0.1, -0.05) is 0 Å². The molecule has 0 radical (unpaired) electrons. The first-order valence-electron chi connectivity index (χ1n) is 4.71. The van der Waals surface area contributed by atoms with Gasteiger partial charge in [-0.3, -0.25) is 5.32 Å². The number of carbonyl (C=O) groups is 2. The van der Waals surface area contributed by atoms with Crippen LogP contribution in [-0.2, 0) is 4.74 Å². The molecule has 0 aliphatic carbocycles. The fraction of sp³-hybridized carbons (Fsp3) is 0.400.